The van der Waals surface area contributed by atoms with Gasteiger partial charge in [-0.1, -0.05) is 0 Å². The highest BCUT2D eigenvalue weighted by Crippen LogP contribution is 2.23. The molecule has 9 nitrogen and oxygen atoms in total. The van der Waals surface area contributed by atoms with Gasteiger partial charge in [0.2, 0.25) is 5.91 Å². The van der Waals surface area contributed by atoms with Gasteiger partial charge in [-0.15, -0.1) is 0 Å². The van der Waals surface area contributed by atoms with E-state index in [1.165, 1.54) is 12.3 Å². The van der Waals surface area contributed by atoms with Gasteiger partial charge in [0.1, 0.15) is 12.0 Å². The largest absolute Gasteiger partial charge is 0.394 e. The first kappa shape index (κ1) is 17.1. The van der Waals surface area contributed by atoms with E-state index in [0.29, 0.717) is 12.4 Å². The van der Waals surface area contributed by atoms with E-state index < -0.39 is 17.6 Å². The summed E-state index contributed by atoms with van der Waals surface area (Å²) in [6.07, 6.45) is 1.77. The van der Waals surface area contributed by atoms with Gasteiger partial charge in [0.25, 0.3) is 5.69 Å². The molecule has 1 amide bonds. The van der Waals surface area contributed by atoms with Crippen molar-refractivity contribution >= 4 is 17.4 Å². The van der Waals surface area contributed by atoms with Gasteiger partial charge in [-0.05, 0) is 18.9 Å². The summed E-state index contributed by atoms with van der Waals surface area (Å²) >= 11 is 0. The highest BCUT2D eigenvalue weighted by Gasteiger charge is 2.26. The number of nitro groups is 1. The first-order valence-electron chi connectivity index (χ1n) is 7.43. The van der Waals surface area contributed by atoms with Gasteiger partial charge < -0.3 is 20.4 Å². The van der Waals surface area contributed by atoms with Crippen LogP contribution in [0, 0.1) is 16.0 Å². The molecule has 1 aliphatic heterocycles. The fourth-order valence-corrected chi connectivity index (χ4v) is 2.50. The molecule has 0 aromatic carbocycles. The summed E-state index contributed by atoms with van der Waals surface area (Å²) in [5.41, 5.74) is -0.0713. The van der Waals surface area contributed by atoms with Crippen LogP contribution in [0.5, 0.6) is 0 Å². The Kier molecular flexibility index (Phi) is 5.83. The zero-order valence-electron chi connectivity index (χ0n) is 12.6. The van der Waals surface area contributed by atoms with Gasteiger partial charge in [0.15, 0.2) is 0 Å². The van der Waals surface area contributed by atoms with Crippen LogP contribution in [-0.4, -0.2) is 58.4 Å². The Labute approximate surface area is 133 Å². The fraction of sp³-hybridized carbons (Fsp3) is 0.571. The van der Waals surface area contributed by atoms with Crippen LogP contribution in [0.15, 0.2) is 18.3 Å². The lowest BCUT2D eigenvalue weighted by Gasteiger charge is -2.32. The maximum Gasteiger partial charge on any atom is 0.287 e. The average molecular weight is 324 g/mol. The molecule has 1 aromatic heterocycles. The quantitative estimate of drug-likeness (QED) is 0.483. The highest BCUT2D eigenvalue weighted by molar-refractivity contribution is 5.79. The molecule has 1 aliphatic rings. The summed E-state index contributed by atoms with van der Waals surface area (Å²) in [7, 11) is 0. The topological polar surface area (TPSA) is 129 Å². The molecule has 0 spiro atoms. The normalized spacial score (nSPS) is 19.2. The summed E-state index contributed by atoms with van der Waals surface area (Å²) in [6.45, 7) is 0.811. The maximum absolute atomic E-state index is 12.1. The second-order valence-corrected chi connectivity index (χ2v) is 5.50. The van der Waals surface area contributed by atoms with Crippen LogP contribution < -0.4 is 10.2 Å². The summed E-state index contributed by atoms with van der Waals surface area (Å²) in [5.74, 6) is 0.180. The first-order chi connectivity index (χ1) is 11.0. The number of amides is 1. The number of carbonyl (C=O) groups is 1. The predicted molar refractivity (Wildman–Crippen MR) is 81.9 cm³/mol. The molecule has 126 valence electrons. The first-order valence-corrected chi connectivity index (χ1v) is 7.43. The molecular formula is C14H20N4O5. The number of aromatic nitrogens is 1. The summed E-state index contributed by atoms with van der Waals surface area (Å²) in [4.78, 5) is 28.2. The maximum atomic E-state index is 12.1. The molecule has 9 heteroatoms. The van der Waals surface area contributed by atoms with Crippen molar-refractivity contribution in [3.05, 3.63) is 28.4 Å². The van der Waals surface area contributed by atoms with Crippen LogP contribution >= 0.6 is 0 Å². The van der Waals surface area contributed by atoms with Gasteiger partial charge in [-0.3, -0.25) is 14.9 Å². The molecule has 1 saturated heterocycles. The zero-order chi connectivity index (χ0) is 16.8. The third kappa shape index (κ3) is 4.60. The number of anilines is 1. The van der Waals surface area contributed by atoms with Gasteiger partial charge in [0, 0.05) is 25.7 Å². The van der Waals surface area contributed by atoms with E-state index in [0.717, 1.165) is 19.4 Å². The Balaban J connectivity index is 1.94. The van der Waals surface area contributed by atoms with E-state index >= 15 is 0 Å². The number of pyridine rings is 1. The van der Waals surface area contributed by atoms with Crippen molar-refractivity contribution in [1.29, 1.82) is 0 Å². The number of nitrogens with one attached hydrogen (secondary N) is 1. The smallest absolute Gasteiger partial charge is 0.287 e. The minimum absolute atomic E-state index is 0.0155. The lowest BCUT2D eigenvalue weighted by molar-refractivity contribution is -0.385. The number of aliphatic hydroxyl groups excluding tert-OH is 2. The highest BCUT2D eigenvalue weighted by atomic mass is 16.6. The number of hydrogen-bond donors (Lipinski definition) is 3. The Hall–Kier alpha value is -2.26. The van der Waals surface area contributed by atoms with Crippen molar-refractivity contribution in [2.24, 2.45) is 5.92 Å². The molecule has 0 radical (unpaired) electrons. The van der Waals surface area contributed by atoms with Crippen LogP contribution in [0.3, 0.4) is 0 Å². The lowest BCUT2D eigenvalue weighted by Crippen LogP contribution is -2.45. The van der Waals surface area contributed by atoms with Crippen LogP contribution in [0.4, 0.5) is 11.5 Å². The number of aliphatic hydroxyl groups is 2. The van der Waals surface area contributed by atoms with Crippen molar-refractivity contribution in [3.63, 3.8) is 0 Å². The molecule has 2 heterocycles. The van der Waals surface area contributed by atoms with E-state index in [1.807, 2.05) is 4.90 Å². The van der Waals surface area contributed by atoms with E-state index in [1.54, 1.807) is 6.07 Å². The molecule has 0 bridgehead atoms. The Morgan fingerprint density at radius 3 is 2.96 bits per heavy atom. The van der Waals surface area contributed by atoms with Crippen LogP contribution in [0.1, 0.15) is 12.8 Å². The van der Waals surface area contributed by atoms with Gasteiger partial charge in [0.05, 0.1) is 23.6 Å². The van der Waals surface area contributed by atoms with E-state index in [4.69, 9.17) is 5.11 Å². The van der Waals surface area contributed by atoms with Crippen molar-refractivity contribution in [2.45, 2.75) is 18.9 Å². The Morgan fingerprint density at radius 2 is 2.35 bits per heavy atom. The molecule has 0 saturated carbocycles. The van der Waals surface area contributed by atoms with Gasteiger partial charge in [-0.25, -0.2) is 4.98 Å². The van der Waals surface area contributed by atoms with Crippen molar-refractivity contribution < 1.29 is 19.9 Å². The minimum atomic E-state index is -0.963. The van der Waals surface area contributed by atoms with Crippen LogP contribution in [-0.2, 0) is 4.79 Å². The number of hydrogen-bond acceptors (Lipinski definition) is 7. The molecule has 1 aromatic rings. The summed E-state index contributed by atoms with van der Waals surface area (Å²) in [6, 6.07) is 2.97. The number of carbonyl (C=O) groups excluding carboxylic acids is 1. The molecule has 2 atom stereocenters. The van der Waals surface area contributed by atoms with E-state index in [9.17, 15) is 20.0 Å². The third-order valence-corrected chi connectivity index (χ3v) is 3.78. The predicted octanol–water partition coefficient (Wildman–Crippen LogP) is -0.324. The van der Waals surface area contributed by atoms with Crippen molar-refractivity contribution in [2.75, 3.05) is 31.1 Å². The van der Waals surface area contributed by atoms with Gasteiger partial charge in [-0.2, -0.15) is 0 Å². The Bertz CT molecular complexity index is 551. The van der Waals surface area contributed by atoms with E-state index in [2.05, 4.69) is 10.3 Å². The fourth-order valence-electron chi connectivity index (χ4n) is 2.50. The standard InChI is InChI=1S/C14H20N4O5/c19-9-12(20)7-16-14(21)10-2-1-5-17(8-10)13-4-3-11(6-15-13)18(22)23/h3-4,6,10,12,19-20H,1-2,5,7-9H2,(H,16,21)/t10-,12+/m1/s1. The van der Waals surface area contributed by atoms with Crippen molar-refractivity contribution in [1.82, 2.24) is 10.3 Å². The summed E-state index contributed by atoms with van der Waals surface area (Å²) in [5, 5.41) is 31.3. The molecule has 0 unspecified atom stereocenters. The zero-order valence-corrected chi connectivity index (χ0v) is 12.6. The molecular weight excluding hydrogens is 304 g/mol. The lowest BCUT2D eigenvalue weighted by atomic mass is 9.97. The Morgan fingerprint density at radius 1 is 1.57 bits per heavy atom. The molecule has 2 rings (SSSR count). The van der Waals surface area contributed by atoms with Crippen LogP contribution in [0.25, 0.3) is 0 Å². The average Bonchev–Trinajstić information content (AvgIpc) is 2.59. The molecule has 0 aliphatic carbocycles. The second-order valence-electron chi connectivity index (χ2n) is 5.50. The second kappa shape index (κ2) is 7.84. The number of nitrogens with zero attached hydrogens (tertiary/aromatic N) is 3. The molecule has 1 fully saturated rings. The SMILES string of the molecule is O=C(NC[C@H](O)CO)[C@@H]1CCCN(c2ccc([N+](=O)[O-])cn2)C1. The van der Waals surface area contributed by atoms with Gasteiger partial charge >= 0.3 is 0 Å². The minimum Gasteiger partial charge on any atom is -0.394 e. The molecule has 23 heavy (non-hydrogen) atoms. The number of rotatable bonds is 6. The van der Waals surface area contributed by atoms with Crippen molar-refractivity contribution in [3.8, 4) is 0 Å². The molecule has 3 N–H and O–H groups in total. The number of piperidine rings is 1. The monoisotopic (exact) mass is 324 g/mol. The third-order valence-electron chi connectivity index (χ3n) is 3.78. The summed E-state index contributed by atoms with van der Waals surface area (Å²) < 4.78 is 0. The van der Waals surface area contributed by atoms with E-state index in [-0.39, 0.29) is 24.1 Å². The van der Waals surface area contributed by atoms with Crippen LogP contribution in [0.2, 0.25) is 0 Å².